The van der Waals surface area contributed by atoms with E-state index in [1.807, 2.05) is 0 Å². The summed E-state index contributed by atoms with van der Waals surface area (Å²) in [4.78, 5) is 27.5. The van der Waals surface area contributed by atoms with Crippen molar-refractivity contribution in [3.63, 3.8) is 0 Å². The summed E-state index contributed by atoms with van der Waals surface area (Å²) in [5.41, 5.74) is 0.490. The highest BCUT2D eigenvalue weighted by Crippen LogP contribution is 2.18. The number of ether oxygens (including phenoxy) is 1. The first kappa shape index (κ1) is 21.8. The molecule has 0 spiro atoms. The number of benzene rings is 1. The Hall–Kier alpha value is -1.88. The molecule has 2 aliphatic heterocycles. The lowest BCUT2D eigenvalue weighted by atomic mass is 10.2. The van der Waals surface area contributed by atoms with Crippen molar-refractivity contribution in [1.29, 1.82) is 0 Å². The molecule has 0 aromatic heterocycles. The van der Waals surface area contributed by atoms with Crippen LogP contribution < -0.4 is 0 Å². The van der Waals surface area contributed by atoms with Crippen LogP contribution in [0, 0.1) is 0 Å². The fraction of sp³-hybridized carbons (Fsp3) is 0.556. The largest absolute Gasteiger partial charge is 0.450 e. The number of rotatable bonds is 4. The average molecular weight is 445 g/mol. The number of nitrogens with zero attached hydrogens (tertiary/aromatic N) is 4. The van der Waals surface area contributed by atoms with Crippen molar-refractivity contribution in [2.45, 2.75) is 6.92 Å². The van der Waals surface area contributed by atoms with E-state index in [9.17, 15) is 18.0 Å². The molecule has 0 unspecified atom stereocenters. The van der Waals surface area contributed by atoms with Crippen molar-refractivity contribution in [3.8, 4) is 0 Å². The van der Waals surface area contributed by atoms with Crippen molar-refractivity contribution >= 4 is 33.8 Å². The van der Waals surface area contributed by atoms with Gasteiger partial charge in [0, 0.05) is 62.9 Å². The van der Waals surface area contributed by atoms with E-state index in [0.717, 1.165) is 0 Å². The number of piperazine rings is 2. The summed E-state index contributed by atoms with van der Waals surface area (Å²) in [6, 6.07) is 6.72. The second-order valence-corrected chi connectivity index (χ2v) is 9.16. The summed E-state index contributed by atoms with van der Waals surface area (Å²) < 4.78 is 33.6. The van der Waals surface area contributed by atoms with Crippen LogP contribution >= 0.6 is 11.6 Å². The average Bonchev–Trinajstić information content (AvgIpc) is 2.73. The van der Waals surface area contributed by atoms with Crippen LogP contribution in [0.3, 0.4) is 0 Å². The Morgan fingerprint density at radius 2 is 1.52 bits per heavy atom. The first-order valence-electron chi connectivity index (χ1n) is 9.54. The molecule has 0 radical (unpaired) electrons. The molecule has 2 fully saturated rings. The molecule has 1 aromatic carbocycles. The van der Waals surface area contributed by atoms with E-state index in [-0.39, 0.29) is 38.7 Å². The lowest BCUT2D eigenvalue weighted by Crippen LogP contribution is -2.58. The molecule has 29 heavy (non-hydrogen) atoms. The molecule has 2 aliphatic rings. The normalized spacial score (nSPS) is 19.2. The summed E-state index contributed by atoms with van der Waals surface area (Å²) >= 11 is 5.95. The molecule has 11 heteroatoms. The predicted molar refractivity (Wildman–Crippen MR) is 108 cm³/mol. The van der Waals surface area contributed by atoms with Gasteiger partial charge >= 0.3 is 6.09 Å². The van der Waals surface area contributed by atoms with Crippen molar-refractivity contribution in [3.05, 3.63) is 34.9 Å². The van der Waals surface area contributed by atoms with E-state index in [0.29, 0.717) is 36.8 Å². The summed E-state index contributed by atoms with van der Waals surface area (Å²) in [7, 11) is -3.64. The molecule has 3 rings (SSSR count). The Morgan fingerprint density at radius 1 is 0.966 bits per heavy atom. The van der Waals surface area contributed by atoms with Gasteiger partial charge in [0.1, 0.15) is 0 Å². The fourth-order valence-electron chi connectivity index (χ4n) is 3.41. The molecule has 9 nitrogen and oxygen atoms in total. The van der Waals surface area contributed by atoms with E-state index in [1.165, 1.54) is 13.5 Å². The minimum Gasteiger partial charge on any atom is -0.450 e. The standard InChI is InChI=1S/C18H25ClN4O5S/c1-2-28-18(25)21-8-12-23(13-9-21)29(26,27)22-10-6-20(7-11-22)17(24)15-4-3-5-16(19)14-15/h3-5,14H,2,6-13H2,1H3. The van der Waals surface area contributed by atoms with E-state index in [1.54, 1.807) is 36.1 Å². The highest BCUT2D eigenvalue weighted by atomic mass is 35.5. The van der Waals surface area contributed by atoms with Gasteiger partial charge in [-0.3, -0.25) is 4.79 Å². The van der Waals surface area contributed by atoms with Gasteiger partial charge in [0.2, 0.25) is 0 Å². The first-order chi connectivity index (χ1) is 13.8. The third kappa shape index (κ3) is 5.00. The number of carbonyl (C=O) groups is 2. The van der Waals surface area contributed by atoms with Crippen LogP contribution in [0.2, 0.25) is 5.02 Å². The van der Waals surface area contributed by atoms with E-state index in [4.69, 9.17) is 16.3 Å². The quantitative estimate of drug-likeness (QED) is 0.694. The Bertz CT molecular complexity index is 850. The lowest BCUT2D eigenvalue weighted by molar-refractivity contribution is 0.0690. The highest BCUT2D eigenvalue weighted by molar-refractivity contribution is 7.86. The Labute approximate surface area is 175 Å². The van der Waals surface area contributed by atoms with Gasteiger partial charge in [-0.1, -0.05) is 17.7 Å². The van der Waals surface area contributed by atoms with Crippen LogP contribution in [0.15, 0.2) is 24.3 Å². The predicted octanol–water partition coefficient (Wildman–Crippen LogP) is 1.12. The van der Waals surface area contributed by atoms with Crippen LogP contribution in [0.25, 0.3) is 0 Å². The first-order valence-corrected chi connectivity index (χ1v) is 11.3. The molecule has 0 N–H and O–H groups in total. The minimum atomic E-state index is -3.64. The van der Waals surface area contributed by atoms with Gasteiger partial charge in [-0.15, -0.1) is 0 Å². The van der Waals surface area contributed by atoms with Gasteiger partial charge in [-0.05, 0) is 25.1 Å². The third-order valence-corrected chi connectivity index (χ3v) is 7.29. The molecule has 2 heterocycles. The summed E-state index contributed by atoms with van der Waals surface area (Å²) in [5.74, 6) is -0.160. The fourth-order valence-corrected chi connectivity index (χ4v) is 5.17. The smallest absolute Gasteiger partial charge is 0.409 e. The van der Waals surface area contributed by atoms with Crippen LogP contribution in [0.1, 0.15) is 17.3 Å². The van der Waals surface area contributed by atoms with Crippen LogP contribution in [0.4, 0.5) is 4.79 Å². The number of hydrogen-bond donors (Lipinski definition) is 0. The molecule has 0 atom stereocenters. The maximum absolute atomic E-state index is 12.9. The summed E-state index contributed by atoms with van der Waals surface area (Å²) in [6.45, 7) is 4.15. The number of hydrogen-bond acceptors (Lipinski definition) is 5. The Kier molecular flexibility index (Phi) is 6.99. The van der Waals surface area contributed by atoms with Crippen LogP contribution in [-0.2, 0) is 14.9 Å². The zero-order chi connectivity index (χ0) is 21.0. The molecule has 2 amide bonds. The molecule has 0 saturated carbocycles. The highest BCUT2D eigenvalue weighted by Gasteiger charge is 2.36. The zero-order valence-corrected chi connectivity index (χ0v) is 17.9. The van der Waals surface area contributed by atoms with Crippen LogP contribution in [-0.4, -0.2) is 97.8 Å². The van der Waals surface area contributed by atoms with Gasteiger partial charge in [-0.25, -0.2) is 4.79 Å². The maximum atomic E-state index is 12.9. The molecule has 0 bridgehead atoms. The van der Waals surface area contributed by atoms with Crippen molar-refractivity contribution in [2.75, 3.05) is 59.0 Å². The second-order valence-electron chi connectivity index (χ2n) is 6.79. The van der Waals surface area contributed by atoms with Gasteiger partial charge in [-0.2, -0.15) is 17.0 Å². The van der Waals surface area contributed by atoms with Crippen molar-refractivity contribution in [2.24, 2.45) is 0 Å². The molecule has 0 aliphatic carbocycles. The van der Waals surface area contributed by atoms with Crippen molar-refractivity contribution < 1.29 is 22.7 Å². The number of halogens is 1. The number of amides is 2. The van der Waals surface area contributed by atoms with Gasteiger partial charge in [0.05, 0.1) is 6.61 Å². The number of carbonyl (C=O) groups excluding carboxylic acids is 2. The summed E-state index contributed by atoms with van der Waals surface area (Å²) in [5, 5.41) is 0.485. The van der Waals surface area contributed by atoms with Gasteiger partial charge in [0.15, 0.2) is 0 Å². The van der Waals surface area contributed by atoms with Gasteiger partial charge in [0.25, 0.3) is 16.1 Å². The zero-order valence-electron chi connectivity index (χ0n) is 16.3. The third-order valence-electron chi connectivity index (χ3n) is 5.01. The van der Waals surface area contributed by atoms with E-state index >= 15 is 0 Å². The Balaban J connectivity index is 1.55. The van der Waals surface area contributed by atoms with E-state index in [2.05, 4.69) is 0 Å². The molecule has 2 saturated heterocycles. The topological polar surface area (TPSA) is 90.5 Å². The second kappa shape index (κ2) is 9.29. The Morgan fingerprint density at radius 3 is 2.03 bits per heavy atom. The van der Waals surface area contributed by atoms with Crippen LogP contribution in [0.5, 0.6) is 0 Å². The minimum absolute atomic E-state index is 0.160. The van der Waals surface area contributed by atoms with E-state index < -0.39 is 16.3 Å². The monoisotopic (exact) mass is 444 g/mol. The molecular formula is C18H25ClN4O5S. The SMILES string of the molecule is CCOC(=O)N1CCN(S(=O)(=O)N2CCN(C(=O)c3cccc(Cl)c3)CC2)CC1. The molecule has 160 valence electrons. The van der Waals surface area contributed by atoms with Crippen molar-refractivity contribution in [1.82, 2.24) is 18.4 Å². The lowest BCUT2D eigenvalue weighted by Gasteiger charge is -2.39. The maximum Gasteiger partial charge on any atom is 0.409 e. The van der Waals surface area contributed by atoms with Gasteiger partial charge < -0.3 is 14.5 Å². The molecule has 1 aromatic rings. The molecular weight excluding hydrogens is 420 g/mol. The summed E-state index contributed by atoms with van der Waals surface area (Å²) in [6.07, 6.45) is -0.419.